The number of aliphatic hydroxyl groups is 1. The third kappa shape index (κ3) is 3.67. The number of halogens is 3. The lowest BCUT2D eigenvalue weighted by Crippen LogP contribution is -2.49. The lowest BCUT2D eigenvalue weighted by Gasteiger charge is -2.26. The van der Waals surface area contributed by atoms with Crippen LogP contribution in [0.15, 0.2) is 29.2 Å². The van der Waals surface area contributed by atoms with Gasteiger partial charge in [0.05, 0.1) is 6.54 Å². The van der Waals surface area contributed by atoms with Gasteiger partial charge in [0.25, 0.3) is 0 Å². The Kier molecular flexibility index (Phi) is 4.91. The zero-order valence-corrected chi connectivity index (χ0v) is 12.8. The standard InChI is InChI=1S/C14H17F3N2O2S/c1-22-11-4-2-10(3-5-11)8-18-12(20)19-7-6-13(21,9-19)14(15,16)17/h2-5,21H,6-9H2,1H3,(H,18,20)/t13-/m1/s1. The van der Waals surface area contributed by atoms with E-state index in [9.17, 15) is 23.1 Å². The molecule has 1 fully saturated rings. The van der Waals surface area contributed by atoms with Crippen molar-refractivity contribution in [2.24, 2.45) is 0 Å². The first-order chi connectivity index (χ1) is 10.2. The van der Waals surface area contributed by atoms with Crippen molar-refractivity contribution in [3.8, 4) is 0 Å². The van der Waals surface area contributed by atoms with E-state index in [2.05, 4.69) is 5.32 Å². The highest BCUT2D eigenvalue weighted by molar-refractivity contribution is 7.98. The van der Waals surface area contributed by atoms with Crippen LogP contribution in [0.25, 0.3) is 0 Å². The van der Waals surface area contributed by atoms with E-state index in [1.54, 1.807) is 11.8 Å². The van der Waals surface area contributed by atoms with Crippen LogP contribution in [0.3, 0.4) is 0 Å². The summed E-state index contributed by atoms with van der Waals surface area (Å²) in [7, 11) is 0. The number of hydrogen-bond acceptors (Lipinski definition) is 3. The van der Waals surface area contributed by atoms with Gasteiger partial charge in [-0.1, -0.05) is 12.1 Å². The molecule has 1 heterocycles. The first kappa shape index (κ1) is 17.0. The Balaban J connectivity index is 1.88. The first-order valence-corrected chi connectivity index (χ1v) is 7.92. The second-order valence-corrected chi connectivity index (χ2v) is 6.09. The van der Waals surface area contributed by atoms with Crippen molar-refractivity contribution >= 4 is 17.8 Å². The highest BCUT2D eigenvalue weighted by Gasteiger charge is 2.57. The Morgan fingerprint density at radius 2 is 2.05 bits per heavy atom. The van der Waals surface area contributed by atoms with E-state index < -0.39 is 30.8 Å². The normalized spacial score (nSPS) is 22.0. The van der Waals surface area contributed by atoms with E-state index in [0.717, 1.165) is 15.4 Å². The van der Waals surface area contributed by atoms with Gasteiger partial charge >= 0.3 is 12.2 Å². The molecule has 0 aromatic heterocycles. The Labute approximate surface area is 130 Å². The predicted molar refractivity (Wildman–Crippen MR) is 77.7 cm³/mol. The van der Waals surface area contributed by atoms with Gasteiger partial charge in [0.2, 0.25) is 0 Å². The van der Waals surface area contributed by atoms with Crippen LogP contribution in [0.4, 0.5) is 18.0 Å². The molecule has 1 atom stereocenters. The van der Waals surface area contributed by atoms with E-state index in [0.29, 0.717) is 0 Å². The smallest absolute Gasteiger partial charge is 0.379 e. The Morgan fingerprint density at radius 3 is 2.55 bits per heavy atom. The average molecular weight is 334 g/mol. The summed E-state index contributed by atoms with van der Waals surface area (Å²) in [4.78, 5) is 14.0. The number of likely N-dealkylation sites (tertiary alicyclic amines) is 1. The summed E-state index contributed by atoms with van der Waals surface area (Å²) in [5.74, 6) is 0. The van der Waals surface area contributed by atoms with E-state index in [4.69, 9.17) is 0 Å². The number of benzene rings is 1. The van der Waals surface area contributed by atoms with Crippen LogP contribution in [0.1, 0.15) is 12.0 Å². The number of hydrogen-bond donors (Lipinski definition) is 2. The molecule has 1 aromatic carbocycles. The van der Waals surface area contributed by atoms with Crippen LogP contribution >= 0.6 is 11.8 Å². The van der Waals surface area contributed by atoms with Gasteiger partial charge < -0.3 is 15.3 Å². The summed E-state index contributed by atoms with van der Waals surface area (Å²) in [6.07, 6.45) is -3.27. The number of alkyl halides is 3. The third-order valence-corrected chi connectivity index (χ3v) is 4.41. The van der Waals surface area contributed by atoms with Crippen LogP contribution in [-0.2, 0) is 6.54 Å². The predicted octanol–water partition coefficient (Wildman–Crippen LogP) is 2.62. The van der Waals surface area contributed by atoms with E-state index in [1.165, 1.54) is 0 Å². The maximum Gasteiger partial charge on any atom is 0.419 e. The number of carbonyl (C=O) groups excluding carboxylic acids is 1. The Hall–Kier alpha value is -1.41. The van der Waals surface area contributed by atoms with E-state index >= 15 is 0 Å². The maximum atomic E-state index is 12.7. The number of amides is 2. The summed E-state index contributed by atoms with van der Waals surface area (Å²) >= 11 is 1.59. The first-order valence-electron chi connectivity index (χ1n) is 6.70. The minimum atomic E-state index is -4.73. The van der Waals surface area contributed by atoms with Gasteiger partial charge in [-0.2, -0.15) is 13.2 Å². The summed E-state index contributed by atoms with van der Waals surface area (Å²) in [6.45, 7) is -0.616. The van der Waals surface area contributed by atoms with Crippen LogP contribution in [-0.4, -0.2) is 47.2 Å². The Morgan fingerprint density at radius 1 is 1.41 bits per heavy atom. The van der Waals surface area contributed by atoms with Gasteiger partial charge in [0.1, 0.15) is 0 Å². The molecule has 1 aliphatic rings. The monoisotopic (exact) mass is 334 g/mol. The number of urea groups is 1. The Bertz CT molecular complexity index is 536. The van der Waals surface area contributed by atoms with E-state index in [-0.39, 0.29) is 13.1 Å². The summed E-state index contributed by atoms with van der Waals surface area (Å²) in [6, 6.07) is 6.91. The second kappa shape index (κ2) is 6.37. The van der Waals surface area contributed by atoms with Crippen LogP contribution in [0.5, 0.6) is 0 Å². The van der Waals surface area contributed by atoms with Crippen molar-refractivity contribution in [3.63, 3.8) is 0 Å². The third-order valence-electron chi connectivity index (χ3n) is 3.67. The molecule has 0 aliphatic carbocycles. The number of nitrogens with zero attached hydrogens (tertiary/aromatic N) is 1. The molecule has 2 N–H and O–H groups in total. The molecule has 4 nitrogen and oxygen atoms in total. The molecule has 1 aromatic rings. The fourth-order valence-corrected chi connectivity index (χ4v) is 2.64. The van der Waals surface area contributed by atoms with Crippen molar-refractivity contribution in [2.75, 3.05) is 19.3 Å². The van der Waals surface area contributed by atoms with Crippen molar-refractivity contribution in [2.45, 2.75) is 29.6 Å². The molecule has 2 rings (SSSR count). The molecule has 0 saturated carbocycles. The summed E-state index contributed by atoms with van der Waals surface area (Å²) < 4.78 is 38.1. The second-order valence-electron chi connectivity index (χ2n) is 5.21. The van der Waals surface area contributed by atoms with Gasteiger partial charge in [-0.15, -0.1) is 11.8 Å². The number of rotatable bonds is 3. The molecule has 8 heteroatoms. The molecule has 0 bridgehead atoms. The molecule has 1 aliphatic heterocycles. The highest BCUT2D eigenvalue weighted by Crippen LogP contribution is 2.37. The minimum absolute atomic E-state index is 0.118. The lowest BCUT2D eigenvalue weighted by molar-refractivity contribution is -0.253. The van der Waals surface area contributed by atoms with Crippen molar-refractivity contribution < 1.29 is 23.1 Å². The highest BCUT2D eigenvalue weighted by atomic mass is 32.2. The molecule has 2 amide bonds. The molecule has 22 heavy (non-hydrogen) atoms. The fourth-order valence-electron chi connectivity index (χ4n) is 2.23. The van der Waals surface area contributed by atoms with Crippen LogP contribution in [0, 0.1) is 0 Å². The topological polar surface area (TPSA) is 52.6 Å². The molecular formula is C14H17F3N2O2S. The SMILES string of the molecule is CSc1ccc(CNC(=O)N2CC[C@](O)(C(F)(F)F)C2)cc1. The van der Waals surface area contributed by atoms with Crippen LogP contribution in [0.2, 0.25) is 0 Å². The number of nitrogens with one attached hydrogen (secondary N) is 1. The summed E-state index contributed by atoms with van der Waals surface area (Å²) in [5, 5.41) is 12.1. The number of carbonyl (C=O) groups is 1. The van der Waals surface area contributed by atoms with Gasteiger partial charge in [-0.05, 0) is 24.0 Å². The summed E-state index contributed by atoms with van der Waals surface area (Å²) in [5.41, 5.74) is -1.94. The molecule has 122 valence electrons. The number of β-amino-alcohol motifs (C(OH)–C–C–N with tert-alkyl or cyclic N) is 1. The van der Waals surface area contributed by atoms with Crippen LogP contribution < -0.4 is 5.32 Å². The van der Waals surface area contributed by atoms with Crippen molar-refractivity contribution in [1.82, 2.24) is 10.2 Å². The van der Waals surface area contributed by atoms with Gasteiger partial charge in [-0.25, -0.2) is 4.79 Å². The quantitative estimate of drug-likeness (QED) is 0.836. The van der Waals surface area contributed by atoms with Gasteiger partial charge in [-0.3, -0.25) is 0 Å². The van der Waals surface area contributed by atoms with E-state index in [1.807, 2.05) is 30.5 Å². The van der Waals surface area contributed by atoms with Gasteiger partial charge in [0.15, 0.2) is 5.60 Å². The maximum absolute atomic E-state index is 12.7. The minimum Gasteiger partial charge on any atom is -0.379 e. The van der Waals surface area contributed by atoms with Crippen molar-refractivity contribution in [1.29, 1.82) is 0 Å². The fraction of sp³-hybridized carbons (Fsp3) is 0.500. The molecule has 0 spiro atoms. The largest absolute Gasteiger partial charge is 0.419 e. The zero-order valence-electron chi connectivity index (χ0n) is 12.0. The molecule has 0 unspecified atom stereocenters. The van der Waals surface area contributed by atoms with Gasteiger partial charge in [0, 0.05) is 24.4 Å². The zero-order chi connectivity index (χ0) is 16.4. The number of thioether (sulfide) groups is 1. The molecular weight excluding hydrogens is 317 g/mol. The van der Waals surface area contributed by atoms with Crippen molar-refractivity contribution in [3.05, 3.63) is 29.8 Å². The average Bonchev–Trinajstić information content (AvgIpc) is 2.89. The lowest BCUT2D eigenvalue weighted by atomic mass is 10.0. The molecule has 0 radical (unpaired) electrons. The molecule has 1 saturated heterocycles.